The fourth-order valence-corrected chi connectivity index (χ4v) is 5.45. The SMILES string of the molecule is CCCC(F)(F)CCCC(CC)C(=O)c1ccc(-c2cc(-c3cc4ccccc4o3)c3oc(CN)cc3c2)cc1. The summed E-state index contributed by atoms with van der Waals surface area (Å²) in [6, 6.07) is 23.4. The van der Waals surface area contributed by atoms with Crippen molar-refractivity contribution < 1.29 is 22.4 Å². The van der Waals surface area contributed by atoms with Gasteiger partial charge in [-0.1, -0.05) is 62.7 Å². The maximum atomic E-state index is 13.9. The smallest absolute Gasteiger partial charge is 0.248 e. The van der Waals surface area contributed by atoms with E-state index in [9.17, 15) is 13.6 Å². The largest absolute Gasteiger partial charge is 0.459 e. The molecule has 5 aromatic rings. The molecule has 0 bridgehead atoms. The number of Topliss-reactive ketones (excluding diaryl/α,β-unsaturated/α-hetero) is 1. The number of carbonyl (C=O) groups excluding carboxylic acids is 1. The lowest BCUT2D eigenvalue weighted by atomic mass is 9.89. The van der Waals surface area contributed by atoms with Gasteiger partial charge in [-0.3, -0.25) is 4.79 Å². The molecule has 2 aromatic heterocycles. The Balaban J connectivity index is 1.41. The highest BCUT2D eigenvalue weighted by Crippen LogP contribution is 2.38. The number of para-hydroxylation sites is 1. The van der Waals surface area contributed by atoms with Crippen LogP contribution in [0.25, 0.3) is 44.4 Å². The van der Waals surface area contributed by atoms with E-state index >= 15 is 0 Å². The molecule has 4 nitrogen and oxygen atoms in total. The molecule has 2 heterocycles. The molecule has 0 radical (unpaired) electrons. The standard InChI is InChI=1S/C34H35F2NO3/c1-3-15-34(35,36)16-7-9-22(4-2)32(38)24-13-11-23(12-14-24)26-17-27-18-28(21-37)39-33(27)29(19-26)31-20-25-8-5-6-10-30(25)40-31/h5-6,8,10-14,17-20,22H,3-4,7,9,15-16,21,37H2,1-2H3. The Bertz CT molecular complexity index is 1580. The third-order valence-corrected chi connectivity index (χ3v) is 7.64. The molecule has 0 fully saturated rings. The third kappa shape index (κ3) is 5.87. The molecule has 2 N–H and O–H groups in total. The van der Waals surface area contributed by atoms with E-state index in [4.69, 9.17) is 14.6 Å². The summed E-state index contributed by atoms with van der Waals surface area (Å²) in [7, 11) is 0. The van der Waals surface area contributed by atoms with E-state index in [1.807, 2.05) is 79.7 Å². The van der Waals surface area contributed by atoms with Gasteiger partial charge < -0.3 is 14.6 Å². The fraction of sp³-hybridized carbons (Fsp3) is 0.324. The highest BCUT2D eigenvalue weighted by molar-refractivity contribution is 6.00. The van der Waals surface area contributed by atoms with Crippen LogP contribution in [0.15, 0.2) is 81.6 Å². The number of hydrogen-bond acceptors (Lipinski definition) is 4. The number of alkyl halides is 2. The summed E-state index contributed by atoms with van der Waals surface area (Å²) in [5, 5.41) is 1.92. The molecule has 1 unspecified atom stereocenters. The van der Waals surface area contributed by atoms with Gasteiger partial charge in [0.2, 0.25) is 5.92 Å². The van der Waals surface area contributed by atoms with Crippen LogP contribution in [-0.4, -0.2) is 11.7 Å². The number of furan rings is 2. The molecule has 0 aliphatic heterocycles. The number of benzene rings is 3. The van der Waals surface area contributed by atoms with Crippen molar-refractivity contribution in [3.05, 3.63) is 84.1 Å². The minimum Gasteiger partial charge on any atom is -0.459 e. The Labute approximate surface area is 233 Å². The van der Waals surface area contributed by atoms with Gasteiger partial charge in [0.05, 0.1) is 12.1 Å². The summed E-state index contributed by atoms with van der Waals surface area (Å²) in [6.07, 6.45) is 1.63. The first-order valence-corrected chi connectivity index (χ1v) is 14.1. The number of carbonyl (C=O) groups is 1. The Hall–Kier alpha value is -3.77. The zero-order valence-corrected chi connectivity index (χ0v) is 23.0. The van der Waals surface area contributed by atoms with Crippen LogP contribution in [0.5, 0.6) is 0 Å². The van der Waals surface area contributed by atoms with Crippen molar-refractivity contribution in [3.63, 3.8) is 0 Å². The zero-order valence-electron chi connectivity index (χ0n) is 23.0. The number of nitrogens with two attached hydrogens (primary N) is 1. The van der Waals surface area contributed by atoms with Crippen LogP contribution in [0.3, 0.4) is 0 Å². The Kier molecular flexibility index (Phi) is 8.17. The van der Waals surface area contributed by atoms with E-state index in [-0.39, 0.29) is 31.1 Å². The molecule has 0 amide bonds. The van der Waals surface area contributed by atoms with E-state index in [1.165, 1.54) is 0 Å². The van der Waals surface area contributed by atoms with Crippen LogP contribution in [0.4, 0.5) is 8.78 Å². The Morgan fingerprint density at radius 1 is 0.900 bits per heavy atom. The van der Waals surface area contributed by atoms with Crippen molar-refractivity contribution in [1.82, 2.24) is 0 Å². The molecule has 5 rings (SSSR count). The number of ketones is 1. The lowest BCUT2D eigenvalue weighted by Crippen LogP contribution is -2.18. The molecule has 0 saturated heterocycles. The average molecular weight is 544 g/mol. The van der Waals surface area contributed by atoms with Crippen molar-refractivity contribution in [3.8, 4) is 22.5 Å². The topological polar surface area (TPSA) is 69.4 Å². The summed E-state index contributed by atoms with van der Waals surface area (Å²) in [4.78, 5) is 13.2. The summed E-state index contributed by atoms with van der Waals surface area (Å²) < 4.78 is 40.1. The number of hydrogen-bond donors (Lipinski definition) is 1. The predicted molar refractivity (Wildman–Crippen MR) is 157 cm³/mol. The average Bonchev–Trinajstić information content (AvgIpc) is 3.58. The molecule has 3 aromatic carbocycles. The maximum Gasteiger partial charge on any atom is 0.248 e. The van der Waals surface area contributed by atoms with Gasteiger partial charge in [-0.25, -0.2) is 8.78 Å². The van der Waals surface area contributed by atoms with Crippen LogP contribution in [0.1, 0.15) is 68.5 Å². The number of rotatable bonds is 12. The molecule has 40 heavy (non-hydrogen) atoms. The van der Waals surface area contributed by atoms with E-state index in [0.29, 0.717) is 48.4 Å². The number of halogens is 2. The Morgan fingerprint density at radius 2 is 1.68 bits per heavy atom. The van der Waals surface area contributed by atoms with Crippen LogP contribution in [-0.2, 0) is 6.54 Å². The molecule has 0 spiro atoms. The second kappa shape index (κ2) is 11.8. The lowest BCUT2D eigenvalue weighted by molar-refractivity contribution is -0.0197. The first-order valence-electron chi connectivity index (χ1n) is 14.1. The molecule has 0 aliphatic rings. The van der Waals surface area contributed by atoms with Crippen LogP contribution >= 0.6 is 0 Å². The van der Waals surface area contributed by atoms with Gasteiger partial charge in [-0.05, 0) is 60.7 Å². The molecular weight excluding hydrogens is 508 g/mol. The highest BCUT2D eigenvalue weighted by atomic mass is 19.3. The summed E-state index contributed by atoms with van der Waals surface area (Å²) in [6.45, 7) is 3.99. The monoisotopic (exact) mass is 543 g/mol. The third-order valence-electron chi connectivity index (χ3n) is 7.64. The van der Waals surface area contributed by atoms with Crippen LogP contribution in [0.2, 0.25) is 0 Å². The van der Waals surface area contributed by atoms with Crippen molar-refractivity contribution in [2.75, 3.05) is 0 Å². The van der Waals surface area contributed by atoms with E-state index in [2.05, 4.69) is 0 Å². The normalized spacial score (nSPS) is 12.8. The fourth-order valence-electron chi connectivity index (χ4n) is 5.45. The minimum atomic E-state index is -2.65. The first kappa shape index (κ1) is 27.8. The zero-order chi connectivity index (χ0) is 28.3. The van der Waals surface area contributed by atoms with E-state index in [0.717, 1.165) is 33.0 Å². The van der Waals surface area contributed by atoms with Crippen molar-refractivity contribution in [2.24, 2.45) is 11.7 Å². The maximum absolute atomic E-state index is 13.9. The molecule has 1 atom stereocenters. The molecule has 6 heteroatoms. The van der Waals surface area contributed by atoms with E-state index in [1.54, 1.807) is 6.92 Å². The minimum absolute atomic E-state index is 0.00805. The molecular formula is C34H35F2NO3. The summed E-state index contributed by atoms with van der Waals surface area (Å²) in [5.74, 6) is -1.52. The summed E-state index contributed by atoms with van der Waals surface area (Å²) >= 11 is 0. The van der Waals surface area contributed by atoms with Gasteiger partial charge in [0.1, 0.15) is 22.7 Å². The van der Waals surface area contributed by atoms with Gasteiger partial charge in [0, 0.05) is 35.1 Å². The first-order chi connectivity index (χ1) is 19.3. The van der Waals surface area contributed by atoms with Gasteiger partial charge in [0.15, 0.2) is 5.78 Å². The van der Waals surface area contributed by atoms with E-state index < -0.39 is 5.92 Å². The molecule has 0 saturated carbocycles. The van der Waals surface area contributed by atoms with Gasteiger partial charge in [0.25, 0.3) is 0 Å². The van der Waals surface area contributed by atoms with Gasteiger partial charge in [-0.2, -0.15) is 0 Å². The Morgan fingerprint density at radius 3 is 2.38 bits per heavy atom. The van der Waals surface area contributed by atoms with Crippen LogP contribution < -0.4 is 5.73 Å². The summed E-state index contributed by atoms with van der Waals surface area (Å²) in [5.41, 5.74) is 10.7. The van der Waals surface area contributed by atoms with Crippen molar-refractivity contribution >= 4 is 27.7 Å². The van der Waals surface area contributed by atoms with Crippen molar-refractivity contribution in [2.45, 2.75) is 64.8 Å². The molecule has 208 valence electrons. The quantitative estimate of drug-likeness (QED) is 0.159. The lowest BCUT2D eigenvalue weighted by Gasteiger charge is -2.18. The number of fused-ring (bicyclic) bond motifs is 2. The predicted octanol–water partition coefficient (Wildman–Crippen LogP) is 9.79. The van der Waals surface area contributed by atoms with Crippen molar-refractivity contribution in [1.29, 1.82) is 0 Å². The van der Waals surface area contributed by atoms with Gasteiger partial charge >= 0.3 is 0 Å². The second-order valence-corrected chi connectivity index (χ2v) is 10.6. The molecule has 0 aliphatic carbocycles. The van der Waals surface area contributed by atoms with Gasteiger partial charge in [-0.15, -0.1) is 0 Å². The highest BCUT2D eigenvalue weighted by Gasteiger charge is 2.28. The van der Waals surface area contributed by atoms with Crippen LogP contribution in [0, 0.1) is 5.92 Å². The second-order valence-electron chi connectivity index (χ2n) is 10.6.